The third-order valence-corrected chi connectivity index (χ3v) is 4.97. The number of alkyl halides is 1. The molecule has 2 atom stereocenters. The Morgan fingerprint density at radius 1 is 1.20 bits per heavy atom. The Hall–Kier alpha value is -2.18. The first kappa shape index (κ1) is 17.6. The normalized spacial score (nSPS) is 23.6. The van der Waals surface area contributed by atoms with Crippen LogP contribution in [0.4, 0.5) is 19.3 Å². The van der Waals surface area contributed by atoms with E-state index in [2.05, 4.69) is 5.32 Å². The van der Waals surface area contributed by atoms with Crippen LogP contribution in [0.3, 0.4) is 0 Å². The number of carbonyl (C=O) groups excluding carboxylic acids is 2. The zero-order valence-corrected chi connectivity index (χ0v) is 14.3. The number of piperidine rings is 1. The second-order valence-corrected chi connectivity index (χ2v) is 6.73. The minimum Gasteiger partial charge on any atom is -0.341 e. The summed E-state index contributed by atoms with van der Waals surface area (Å²) in [6.07, 6.45) is 1.75. The molecular weight excluding hydrogens is 328 g/mol. The van der Waals surface area contributed by atoms with Crippen LogP contribution in [0.15, 0.2) is 18.2 Å². The molecule has 1 aromatic rings. The Kier molecular flexibility index (Phi) is 5.20. The van der Waals surface area contributed by atoms with Gasteiger partial charge in [0.2, 0.25) is 5.91 Å². The van der Waals surface area contributed by atoms with Crippen LogP contribution in [0.1, 0.15) is 31.2 Å². The molecule has 0 bridgehead atoms. The van der Waals surface area contributed by atoms with Gasteiger partial charge in [0.15, 0.2) is 0 Å². The monoisotopic (exact) mass is 351 g/mol. The Labute approximate surface area is 146 Å². The van der Waals surface area contributed by atoms with E-state index in [1.165, 1.54) is 17.0 Å². The third kappa shape index (κ3) is 3.75. The van der Waals surface area contributed by atoms with Crippen LogP contribution in [0.5, 0.6) is 0 Å². The molecule has 2 aliphatic rings. The summed E-state index contributed by atoms with van der Waals surface area (Å²) >= 11 is 0. The topological polar surface area (TPSA) is 52.7 Å². The minimum atomic E-state index is -1.22. The fourth-order valence-corrected chi connectivity index (χ4v) is 3.50. The molecule has 2 fully saturated rings. The molecule has 25 heavy (non-hydrogen) atoms. The Bertz CT molecular complexity index is 662. The number of hydrogen-bond acceptors (Lipinski definition) is 2. The molecule has 2 aliphatic heterocycles. The molecule has 1 N–H and O–H groups in total. The average molecular weight is 351 g/mol. The summed E-state index contributed by atoms with van der Waals surface area (Å²) in [5, 5.41) is 2.61. The lowest BCUT2D eigenvalue weighted by atomic mass is 10.1. The maximum atomic E-state index is 13.9. The van der Waals surface area contributed by atoms with Crippen molar-refractivity contribution in [1.29, 1.82) is 0 Å². The second-order valence-electron chi connectivity index (χ2n) is 6.73. The number of likely N-dealkylation sites (tertiary alicyclic amines) is 2. The Morgan fingerprint density at radius 3 is 2.64 bits per heavy atom. The molecule has 7 heteroatoms. The van der Waals surface area contributed by atoms with Gasteiger partial charge in [-0.05, 0) is 38.3 Å². The van der Waals surface area contributed by atoms with Gasteiger partial charge in [0.1, 0.15) is 18.0 Å². The van der Waals surface area contributed by atoms with Crippen molar-refractivity contribution in [1.82, 2.24) is 9.80 Å². The number of urea groups is 1. The number of hydrogen-bond donors (Lipinski definition) is 1. The molecular formula is C18H23F2N3O2. The van der Waals surface area contributed by atoms with Crippen LogP contribution in [-0.4, -0.2) is 53.6 Å². The fraction of sp³-hybridized carbons (Fsp3) is 0.556. The van der Waals surface area contributed by atoms with Crippen molar-refractivity contribution in [2.24, 2.45) is 0 Å². The van der Waals surface area contributed by atoms with Gasteiger partial charge in [0.25, 0.3) is 0 Å². The van der Waals surface area contributed by atoms with Crippen LogP contribution < -0.4 is 5.32 Å². The predicted octanol–water partition coefficient (Wildman–Crippen LogP) is 3.09. The van der Waals surface area contributed by atoms with E-state index >= 15 is 0 Å². The van der Waals surface area contributed by atoms with Gasteiger partial charge in [-0.2, -0.15) is 0 Å². The third-order valence-electron chi connectivity index (χ3n) is 4.97. The Balaban J connectivity index is 1.73. The van der Waals surface area contributed by atoms with Crippen molar-refractivity contribution in [2.45, 2.75) is 44.8 Å². The molecule has 0 aliphatic carbocycles. The first-order valence-corrected chi connectivity index (χ1v) is 8.73. The first-order valence-electron chi connectivity index (χ1n) is 8.73. The molecule has 0 radical (unpaired) electrons. The van der Waals surface area contributed by atoms with Crippen molar-refractivity contribution in [2.75, 3.05) is 25.0 Å². The number of anilines is 1. The fourth-order valence-electron chi connectivity index (χ4n) is 3.50. The van der Waals surface area contributed by atoms with Crippen molar-refractivity contribution in [3.63, 3.8) is 0 Å². The molecule has 3 amide bonds. The number of carbonyl (C=O) groups is 2. The van der Waals surface area contributed by atoms with E-state index in [-0.39, 0.29) is 18.9 Å². The highest BCUT2D eigenvalue weighted by molar-refractivity contribution is 5.94. The highest BCUT2D eigenvalue weighted by Crippen LogP contribution is 2.25. The molecule has 2 saturated heterocycles. The largest absolute Gasteiger partial charge is 0.341 e. The summed E-state index contributed by atoms with van der Waals surface area (Å²) < 4.78 is 27.6. The van der Waals surface area contributed by atoms with Crippen LogP contribution >= 0.6 is 0 Å². The number of amides is 3. The predicted molar refractivity (Wildman–Crippen MR) is 90.6 cm³/mol. The zero-order valence-electron chi connectivity index (χ0n) is 14.3. The molecule has 136 valence electrons. The number of rotatable bonds is 2. The van der Waals surface area contributed by atoms with Crippen molar-refractivity contribution < 1.29 is 18.4 Å². The molecule has 3 rings (SSSR count). The summed E-state index contributed by atoms with van der Waals surface area (Å²) in [4.78, 5) is 28.3. The maximum absolute atomic E-state index is 13.9. The van der Waals surface area contributed by atoms with Crippen molar-refractivity contribution >= 4 is 17.6 Å². The lowest BCUT2D eigenvalue weighted by molar-refractivity contribution is -0.136. The number of halogens is 2. The maximum Gasteiger partial charge on any atom is 0.322 e. The smallest absolute Gasteiger partial charge is 0.322 e. The molecule has 2 unspecified atom stereocenters. The van der Waals surface area contributed by atoms with Gasteiger partial charge >= 0.3 is 6.03 Å². The summed E-state index contributed by atoms with van der Waals surface area (Å²) in [5.41, 5.74) is 0.641. The Morgan fingerprint density at radius 2 is 1.92 bits per heavy atom. The average Bonchev–Trinajstić information content (AvgIpc) is 3.01. The molecule has 0 aromatic heterocycles. The van der Waals surface area contributed by atoms with Crippen LogP contribution in [-0.2, 0) is 4.79 Å². The van der Waals surface area contributed by atoms with Crippen LogP contribution in [0.25, 0.3) is 0 Å². The molecule has 2 heterocycles. The van der Waals surface area contributed by atoms with Gasteiger partial charge in [-0.15, -0.1) is 0 Å². The van der Waals surface area contributed by atoms with E-state index in [4.69, 9.17) is 0 Å². The van der Waals surface area contributed by atoms with Crippen molar-refractivity contribution in [3.8, 4) is 0 Å². The van der Waals surface area contributed by atoms with Crippen LogP contribution in [0.2, 0.25) is 0 Å². The molecule has 1 aromatic carbocycles. The summed E-state index contributed by atoms with van der Waals surface area (Å²) in [6.45, 7) is 2.75. The number of nitrogens with one attached hydrogen (secondary N) is 1. The summed E-state index contributed by atoms with van der Waals surface area (Å²) in [6, 6.07) is 3.03. The summed E-state index contributed by atoms with van der Waals surface area (Å²) in [7, 11) is 0. The standard InChI is InChI=1S/C18H23F2N3O2/c1-12-14(20)6-5-7-15(12)21-18(25)23-11-13(19)10-16(23)17(24)22-8-3-2-4-9-22/h5-7,13,16H,2-4,8-11H2,1H3,(H,21,25). The lowest BCUT2D eigenvalue weighted by Gasteiger charge is -2.32. The summed E-state index contributed by atoms with van der Waals surface area (Å²) in [5.74, 6) is -0.616. The first-order chi connectivity index (χ1) is 12.0. The van der Waals surface area contributed by atoms with E-state index < -0.39 is 24.1 Å². The lowest BCUT2D eigenvalue weighted by Crippen LogP contribution is -2.50. The second kappa shape index (κ2) is 7.37. The highest BCUT2D eigenvalue weighted by atomic mass is 19.1. The number of nitrogens with zero attached hydrogens (tertiary/aromatic N) is 2. The minimum absolute atomic E-state index is 0.0187. The molecule has 0 spiro atoms. The van der Waals surface area contributed by atoms with Crippen molar-refractivity contribution in [3.05, 3.63) is 29.6 Å². The molecule has 5 nitrogen and oxygen atoms in total. The van der Waals surface area contributed by atoms with E-state index in [0.29, 0.717) is 24.3 Å². The van der Waals surface area contributed by atoms with E-state index in [1.54, 1.807) is 17.9 Å². The number of benzene rings is 1. The van der Waals surface area contributed by atoms with Gasteiger partial charge in [-0.3, -0.25) is 4.79 Å². The highest BCUT2D eigenvalue weighted by Gasteiger charge is 2.41. The van der Waals surface area contributed by atoms with E-state index in [1.807, 2.05) is 0 Å². The van der Waals surface area contributed by atoms with Crippen LogP contribution in [0, 0.1) is 12.7 Å². The SMILES string of the molecule is Cc1c(F)cccc1NC(=O)N1CC(F)CC1C(=O)N1CCCCC1. The van der Waals surface area contributed by atoms with Gasteiger partial charge in [-0.1, -0.05) is 6.07 Å². The van der Waals surface area contributed by atoms with Gasteiger partial charge in [0, 0.05) is 30.8 Å². The quantitative estimate of drug-likeness (QED) is 0.890. The van der Waals surface area contributed by atoms with Gasteiger partial charge < -0.3 is 15.1 Å². The van der Waals surface area contributed by atoms with Gasteiger partial charge in [-0.25, -0.2) is 13.6 Å². The zero-order chi connectivity index (χ0) is 18.0. The van der Waals surface area contributed by atoms with E-state index in [0.717, 1.165) is 19.3 Å². The van der Waals surface area contributed by atoms with E-state index in [9.17, 15) is 18.4 Å². The van der Waals surface area contributed by atoms with Gasteiger partial charge in [0.05, 0.1) is 6.54 Å². The molecule has 0 saturated carbocycles.